The highest BCUT2D eigenvalue weighted by molar-refractivity contribution is 7.89. The fourth-order valence-corrected chi connectivity index (χ4v) is 5.07. The summed E-state index contributed by atoms with van der Waals surface area (Å²) >= 11 is 1.43. The quantitative estimate of drug-likeness (QED) is 0.880. The van der Waals surface area contributed by atoms with Gasteiger partial charge in [0.15, 0.2) is 0 Å². The maximum atomic E-state index is 12.5. The molecule has 0 radical (unpaired) electrons. The van der Waals surface area contributed by atoms with Gasteiger partial charge in [0.2, 0.25) is 10.0 Å². The lowest BCUT2D eigenvalue weighted by Gasteiger charge is -2.15. The summed E-state index contributed by atoms with van der Waals surface area (Å²) < 4.78 is 27.6. The lowest BCUT2D eigenvalue weighted by molar-refractivity contribution is 0.185. The van der Waals surface area contributed by atoms with E-state index in [2.05, 4.69) is 4.72 Å². The second-order valence-corrected chi connectivity index (χ2v) is 8.21. The Labute approximate surface area is 135 Å². The summed E-state index contributed by atoms with van der Waals surface area (Å²) in [7, 11) is -3.64. The van der Waals surface area contributed by atoms with Gasteiger partial charge in [0.05, 0.1) is 4.90 Å². The highest BCUT2D eigenvalue weighted by Gasteiger charge is 2.22. The molecular formula is C16H21NO3S2. The van der Waals surface area contributed by atoms with E-state index in [1.54, 1.807) is 13.8 Å². The predicted molar refractivity (Wildman–Crippen MR) is 89.9 cm³/mol. The summed E-state index contributed by atoms with van der Waals surface area (Å²) in [6.07, 6.45) is -0.833. The highest BCUT2D eigenvalue weighted by atomic mass is 32.2. The van der Waals surface area contributed by atoms with E-state index >= 15 is 0 Å². The topological polar surface area (TPSA) is 66.4 Å². The Kier molecular flexibility index (Phi) is 5.07. The van der Waals surface area contributed by atoms with Crippen molar-refractivity contribution in [3.8, 4) is 0 Å². The van der Waals surface area contributed by atoms with Crippen molar-refractivity contribution in [2.24, 2.45) is 0 Å². The SMILES string of the molecule is Cc1cc(C)c(S(=O)(=O)NCC(O)c2sccc2C)c(C)c1. The number of hydrogen-bond donors (Lipinski definition) is 2. The number of thiophene rings is 1. The van der Waals surface area contributed by atoms with E-state index in [9.17, 15) is 13.5 Å². The van der Waals surface area contributed by atoms with E-state index in [0.717, 1.165) is 16.0 Å². The molecule has 1 aromatic heterocycles. The summed E-state index contributed by atoms with van der Waals surface area (Å²) in [4.78, 5) is 1.09. The number of hydrogen-bond acceptors (Lipinski definition) is 4. The van der Waals surface area contributed by atoms with Gasteiger partial charge in [0, 0.05) is 11.4 Å². The van der Waals surface area contributed by atoms with E-state index in [4.69, 9.17) is 0 Å². The van der Waals surface area contributed by atoms with Gasteiger partial charge in [-0.15, -0.1) is 11.3 Å². The average Bonchev–Trinajstić information content (AvgIpc) is 2.80. The summed E-state index contributed by atoms with van der Waals surface area (Å²) in [5.41, 5.74) is 3.43. The van der Waals surface area contributed by atoms with Crippen LogP contribution in [0, 0.1) is 27.7 Å². The number of aliphatic hydroxyl groups excluding tert-OH is 1. The molecule has 0 saturated heterocycles. The van der Waals surface area contributed by atoms with Gasteiger partial charge in [-0.05, 0) is 55.8 Å². The lowest BCUT2D eigenvalue weighted by atomic mass is 10.1. The van der Waals surface area contributed by atoms with E-state index in [1.165, 1.54) is 11.3 Å². The molecule has 1 atom stereocenters. The van der Waals surface area contributed by atoms with Crippen LogP contribution in [0.4, 0.5) is 0 Å². The van der Waals surface area contributed by atoms with Crippen LogP contribution in [-0.2, 0) is 10.0 Å². The van der Waals surface area contributed by atoms with Crippen LogP contribution in [0.15, 0.2) is 28.5 Å². The van der Waals surface area contributed by atoms with E-state index in [1.807, 2.05) is 37.4 Å². The van der Waals surface area contributed by atoms with E-state index in [0.29, 0.717) is 16.0 Å². The van der Waals surface area contributed by atoms with Gasteiger partial charge in [0.1, 0.15) is 6.10 Å². The van der Waals surface area contributed by atoms with Crippen molar-refractivity contribution in [1.29, 1.82) is 0 Å². The summed E-state index contributed by atoms with van der Waals surface area (Å²) in [6, 6.07) is 5.61. The molecule has 6 heteroatoms. The normalized spacial score (nSPS) is 13.3. The Balaban J connectivity index is 2.21. The van der Waals surface area contributed by atoms with Gasteiger partial charge in [-0.25, -0.2) is 13.1 Å². The first-order valence-electron chi connectivity index (χ1n) is 7.02. The fourth-order valence-electron chi connectivity index (χ4n) is 2.67. The Morgan fingerprint density at radius 2 is 1.73 bits per heavy atom. The number of rotatable bonds is 5. The third kappa shape index (κ3) is 3.57. The van der Waals surface area contributed by atoms with Crippen LogP contribution in [0.1, 0.15) is 33.2 Å². The molecule has 0 bridgehead atoms. The largest absolute Gasteiger partial charge is 0.386 e. The van der Waals surface area contributed by atoms with Crippen molar-refractivity contribution in [2.75, 3.05) is 6.54 Å². The minimum Gasteiger partial charge on any atom is -0.386 e. The maximum absolute atomic E-state index is 12.5. The molecule has 0 saturated carbocycles. The number of sulfonamides is 1. The van der Waals surface area contributed by atoms with Crippen LogP contribution in [0.25, 0.3) is 0 Å². The molecular weight excluding hydrogens is 318 g/mol. The van der Waals surface area contributed by atoms with Gasteiger partial charge < -0.3 is 5.11 Å². The molecule has 1 unspecified atom stereocenters. The van der Waals surface area contributed by atoms with Crippen LogP contribution in [0.3, 0.4) is 0 Å². The molecule has 0 aliphatic heterocycles. The molecule has 0 fully saturated rings. The smallest absolute Gasteiger partial charge is 0.241 e. The molecule has 0 aliphatic rings. The van der Waals surface area contributed by atoms with Gasteiger partial charge in [-0.3, -0.25) is 0 Å². The minimum absolute atomic E-state index is 0.0313. The number of nitrogens with one attached hydrogen (secondary N) is 1. The minimum atomic E-state index is -3.64. The zero-order chi connectivity index (χ0) is 16.5. The summed E-state index contributed by atoms with van der Waals surface area (Å²) in [5, 5.41) is 12.1. The first-order chi connectivity index (χ1) is 10.2. The van der Waals surface area contributed by atoms with Crippen molar-refractivity contribution < 1.29 is 13.5 Å². The Morgan fingerprint density at radius 1 is 1.14 bits per heavy atom. The van der Waals surface area contributed by atoms with Crippen molar-refractivity contribution >= 4 is 21.4 Å². The Bertz CT molecular complexity index is 755. The maximum Gasteiger partial charge on any atom is 0.241 e. The highest BCUT2D eigenvalue weighted by Crippen LogP contribution is 2.25. The van der Waals surface area contributed by atoms with Crippen LogP contribution >= 0.6 is 11.3 Å². The fraction of sp³-hybridized carbons (Fsp3) is 0.375. The van der Waals surface area contributed by atoms with Gasteiger partial charge in [-0.1, -0.05) is 17.7 Å². The van der Waals surface area contributed by atoms with E-state index in [-0.39, 0.29) is 6.54 Å². The summed E-state index contributed by atoms with van der Waals surface area (Å²) in [6.45, 7) is 7.38. The molecule has 1 heterocycles. The molecule has 0 amide bonds. The first-order valence-corrected chi connectivity index (χ1v) is 9.38. The van der Waals surface area contributed by atoms with Crippen LogP contribution < -0.4 is 4.72 Å². The molecule has 2 rings (SSSR count). The molecule has 1 aromatic carbocycles. The molecule has 120 valence electrons. The predicted octanol–water partition coefficient (Wildman–Crippen LogP) is 2.99. The van der Waals surface area contributed by atoms with Gasteiger partial charge >= 0.3 is 0 Å². The molecule has 4 nitrogen and oxygen atoms in total. The number of benzene rings is 1. The number of aliphatic hydroxyl groups is 1. The first kappa shape index (κ1) is 17.1. The van der Waals surface area contributed by atoms with Crippen molar-refractivity contribution in [1.82, 2.24) is 4.72 Å². The average molecular weight is 339 g/mol. The van der Waals surface area contributed by atoms with Crippen molar-refractivity contribution in [2.45, 2.75) is 38.7 Å². The van der Waals surface area contributed by atoms with Crippen LogP contribution in [0.2, 0.25) is 0 Å². The monoisotopic (exact) mass is 339 g/mol. The van der Waals surface area contributed by atoms with Crippen molar-refractivity contribution in [3.63, 3.8) is 0 Å². The molecule has 2 aromatic rings. The molecule has 22 heavy (non-hydrogen) atoms. The standard InChI is InChI=1S/C16H21NO3S2/c1-10-7-12(3)16(13(4)8-10)22(19,20)17-9-14(18)15-11(2)5-6-21-15/h5-8,14,17-18H,9H2,1-4H3. The van der Waals surface area contributed by atoms with Gasteiger partial charge in [0.25, 0.3) is 0 Å². The molecule has 0 aliphatic carbocycles. The second kappa shape index (κ2) is 6.50. The van der Waals surface area contributed by atoms with Crippen molar-refractivity contribution in [3.05, 3.63) is 50.7 Å². The Hall–Kier alpha value is -1.21. The zero-order valence-corrected chi connectivity index (χ0v) is 14.8. The third-order valence-electron chi connectivity index (χ3n) is 3.54. The Morgan fingerprint density at radius 3 is 2.23 bits per heavy atom. The second-order valence-electron chi connectivity index (χ2n) is 5.56. The molecule has 2 N–H and O–H groups in total. The lowest BCUT2D eigenvalue weighted by Crippen LogP contribution is -2.29. The third-order valence-corrected chi connectivity index (χ3v) is 6.39. The van der Waals surface area contributed by atoms with Crippen LogP contribution in [0.5, 0.6) is 0 Å². The van der Waals surface area contributed by atoms with E-state index < -0.39 is 16.1 Å². The zero-order valence-electron chi connectivity index (χ0n) is 13.2. The summed E-state index contributed by atoms with van der Waals surface area (Å²) in [5.74, 6) is 0. The van der Waals surface area contributed by atoms with Gasteiger partial charge in [-0.2, -0.15) is 0 Å². The van der Waals surface area contributed by atoms with Crippen LogP contribution in [-0.4, -0.2) is 20.1 Å². The number of aryl methyl sites for hydroxylation is 4. The molecule has 0 spiro atoms.